The van der Waals surface area contributed by atoms with Crippen LogP contribution in [0.3, 0.4) is 0 Å². The molecular weight excluding hydrogens is 511 g/mol. The van der Waals surface area contributed by atoms with Crippen LogP contribution in [-0.2, 0) is 22.6 Å². The molecule has 0 saturated carbocycles. The number of hydrogen-bond donors (Lipinski definition) is 1. The maximum Gasteiger partial charge on any atom is 0.243 e. The summed E-state index contributed by atoms with van der Waals surface area (Å²) in [5, 5.41) is 3.94. The van der Waals surface area contributed by atoms with Crippen LogP contribution in [0.25, 0.3) is 0 Å². The Morgan fingerprint density at radius 2 is 1.53 bits per heavy atom. The van der Waals surface area contributed by atoms with Crippen LogP contribution < -0.4 is 5.32 Å². The first-order valence-electron chi connectivity index (χ1n) is 11.9. The molecule has 0 aromatic heterocycles. The van der Waals surface area contributed by atoms with E-state index in [-0.39, 0.29) is 18.4 Å². The van der Waals surface area contributed by atoms with E-state index in [1.165, 1.54) is 0 Å². The van der Waals surface area contributed by atoms with Gasteiger partial charge in [0.25, 0.3) is 0 Å². The lowest BCUT2D eigenvalue weighted by atomic mass is 10.0. The quantitative estimate of drug-likeness (QED) is 0.279. The van der Waals surface area contributed by atoms with Gasteiger partial charge >= 0.3 is 0 Å². The van der Waals surface area contributed by atoms with Crippen molar-refractivity contribution in [3.8, 4) is 0 Å². The molecule has 2 amide bonds. The molecule has 36 heavy (non-hydrogen) atoms. The Hall–Kier alpha value is -2.47. The minimum absolute atomic E-state index is 0.0884. The summed E-state index contributed by atoms with van der Waals surface area (Å²) in [6.07, 6.45) is 0.705. The number of nitrogens with zero attached hydrogens (tertiary/aromatic N) is 1. The Balaban J connectivity index is 1.89. The van der Waals surface area contributed by atoms with Crippen LogP contribution in [0, 0.1) is 0 Å². The van der Waals surface area contributed by atoms with Crippen LogP contribution in [0.4, 0.5) is 0 Å². The third kappa shape index (κ3) is 8.88. The molecule has 0 aliphatic rings. The van der Waals surface area contributed by atoms with E-state index >= 15 is 0 Å². The van der Waals surface area contributed by atoms with Crippen molar-refractivity contribution in [2.24, 2.45) is 0 Å². The largest absolute Gasteiger partial charge is 0.350 e. The van der Waals surface area contributed by atoms with Gasteiger partial charge < -0.3 is 10.2 Å². The van der Waals surface area contributed by atoms with Crippen LogP contribution in [0.2, 0.25) is 10.0 Å². The molecule has 1 N–H and O–H groups in total. The molecular formula is C29H32Cl2N2O2S. The predicted octanol–water partition coefficient (Wildman–Crippen LogP) is 7.03. The smallest absolute Gasteiger partial charge is 0.243 e. The van der Waals surface area contributed by atoms with Crippen molar-refractivity contribution in [2.45, 2.75) is 56.6 Å². The summed E-state index contributed by atoms with van der Waals surface area (Å²) in [7, 11) is 0. The number of thioether (sulfide) groups is 1. The molecule has 7 heteroatoms. The molecule has 1 atom stereocenters. The normalized spacial score (nSPS) is 12.1. The van der Waals surface area contributed by atoms with E-state index in [0.717, 1.165) is 16.0 Å². The number of carbonyl (C=O) groups is 2. The number of hydrogen-bond acceptors (Lipinski definition) is 3. The van der Waals surface area contributed by atoms with Gasteiger partial charge in [0.15, 0.2) is 0 Å². The van der Waals surface area contributed by atoms with Crippen molar-refractivity contribution in [1.82, 2.24) is 10.2 Å². The molecule has 0 fully saturated rings. The zero-order valence-corrected chi connectivity index (χ0v) is 23.2. The highest BCUT2D eigenvalue weighted by Crippen LogP contribution is 2.25. The Morgan fingerprint density at radius 1 is 0.889 bits per heavy atom. The highest BCUT2D eigenvalue weighted by Gasteiger charge is 2.32. The van der Waals surface area contributed by atoms with Crippen LogP contribution in [0.15, 0.2) is 83.8 Å². The molecule has 190 valence electrons. The van der Waals surface area contributed by atoms with Crippen molar-refractivity contribution in [3.63, 3.8) is 0 Å². The molecule has 0 aliphatic heterocycles. The van der Waals surface area contributed by atoms with E-state index in [1.807, 2.05) is 87.5 Å². The van der Waals surface area contributed by atoms with Crippen LogP contribution >= 0.6 is 35.0 Å². The van der Waals surface area contributed by atoms with E-state index in [0.29, 0.717) is 28.6 Å². The standard InChI is InChI=1S/C29H32Cl2N2O2S/c1-29(2,3)32-28(35)26(19-21-10-6-4-7-11-21)33(20-22-14-15-24(30)25(31)18-22)27(34)16-17-36-23-12-8-5-9-13-23/h4-15,18,26H,16-17,19-20H2,1-3H3,(H,32,35)/t26-/m0/s1. The monoisotopic (exact) mass is 542 g/mol. The fourth-order valence-electron chi connectivity index (χ4n) is 3.76. The van der Waals surface area contributed by atoms with Gasteiger partial charge in [-0.25, -0.2) is 0 Å². The van der Waals surface area contributed by atoms with Crippen LogP contribution in [-0.4, -0.2) is 34.0 Å². The van der Waals surface area contributed by atoms with Gasteiger partial charge in [0.1, 0.15) is 6.04 Å². The first-order chi connectivity index (χ1) is 17.1. The van der Waals surface area contributed by atoms with Gasteiger partial charge in [-0.05, 0) is 56.2 Å². The topological polar surface area (TPSA) is 49.4 Å². The van der Waals surface area contributed by atoms with E-state index in [1.54, 1.807) is 28.8 Å². The molecule has 0 bridgehead atoms. The molecule has 0 radical (unpaired) electrons. The first kappa shape index (κ1) is 28.1. The van der Waals surface area contributed by atoms with Gasteiger partial charge in [0.05, 0.1) is 10.0 Å². The molecule has 0 spiro atoms. The van der Waals surface area contributed by atoms with Crippen LogP contribution in [0.1, 0.15) is 38.3 Å². The summed E-state index contributed by atoms with van der Waals surface area (Å²) in [5.74, 6) is 0.338. The van der Waals surface area contributed by atoms with Crippen molar-refractivity contribution in [1.29, 1.82) is 0 Å². The third-order valence-corrected chi connectivity index (χ3v) is 7.19. The third-order valence-electron chi connectivity index (χ3n) is 5.43. The number of halogens is 2. The molecule has 3 aromatic rings. The maximum absolute atomic E-state index is 13.7. The van der Waals surface area contributed by atoms with Gasteiger partial charge in [0.2, 0.25) is 11.8 Å². The molecule has 0 unspecified atom stereocenters. The molecule has 0 aliphatic carbocycles. The Kier molecular flexibility index (Phi) is 10.3. The molecule has 3 aromatic carbocycles. The summed E-state index contributed by atoms with van der Waals surface area (Å²) in [6.45, 7) is 6.06. The van der Waals surface area contributed by atoms with Crippen molar-refractivity contribution >= 4 is 46.8 Å². The lowest BCUT2D eigenvalue weighted by Gasteiger charge is -2.34. The van der Waals surface area contributed by atoms with E-state index in [9.17, 15) is 9.59 Å². The lowest BCUT2D eigenvalue weighted by Crippen LogP contribution is -2.54. The van der Waals surface area contributed by atoms with Gasteiger partial charge in [-0.15, -0.1) is 11.8 Å². The summed E-state index contributed by atoms with van der Waals surface area (Å²) in [5.41, 5.74) is 1.36. The van der Waals surface area contributed by atoms with Crippen molar-refractivity contribution in [3.05, 3.63) is 100 Å². The second-order valence-corrected chi connectivity index (χ2v) is 11.6. The predicted molar refractivity (Wildman–Crippen MR) is 151 cm³/mol. The van der Waals surface area contributed by atoms with Gasteiger partial charge in [-0.2, -0.15) is 0 Å². The Bertz CT molecular complexity index is 1150. The summed E-state index contributed by atoms with van der Waals surface area (Å²) in [6, 6.07) is 24.4. The van der Waals surface area contributed by atoms with Crippen LogP contribution in [0.5, 0.6) is 0 Å². The first-order valence-corrected chi connectivity index (χ1v) is 13.6. The number of carbonyl (C=O) groups excluding carboxylic acids is 2. The fourth-order valence-corrected chi connectivity index (χ4v) is 4.94. The number of benzene rings is 3. The SMILES string of the molecule is CC(C)(C)NC(=O)[C@H](Cc1ccccc1)N(Cc1ccc(Cl)c(Cl)c1)C(=O)CCSc1ccccc1. The van der Waals surface area contributed by atoms with E-state index in [4.69, 9.17) is 23.2 Å². The summed E-state index contributed by atoms with van der Waals surface area (Å²) < 4.78 is 0. The summed E-state index contributed by atoms with van der Waals surface area (Å²) in [4.78, 5) is 30.0. The minimum Gasteiger partial charge on any atom is -0.350 e. The zero-order valence-electron chi connectivity index (χ0n) is 20.8. The highest BCUT2D eigenvalue weighted by atomic mass is 35.5. The summed E-state index contributed by atoms with van der Waals surface area (Å²) >= 11 is 14.0. The Labute approximate surface area is 228 Å². The van der Waals surface area contributed by atoms with Crippen molar-refractivity contribution in [2.75, 3.05) is 5.75 Å². The number of nitrogens with one attached hydrogen (secondary N) is 1. The minimum atomic E-state index is -0.685. The average molecular weight is 544 g/mol. The highest BCUT2D eigenvalue weighted by molar-refractivity contribution is 7.99. The number of rotatable bonds is 10. The number of amides is 2. The zero-order chi connectivity index (χ0) is 26.1. The molecule has 0 saturated heterocycles. The average Bonchev–Trinajstić information content (AvgIpc) is 2.83. The van der Waals surface area contributed by atoms with E-state index < -0.39 is 11.6 Å². The van der Waals surface area contributed by atoms with E-state index in [2.05, 4.69) is 5.32 Å². The fraction of sp³-hybridized carbons (Fsp3) is 0.310. The van der Waals surface area contributed by atoms with Crippen molar-refractivity contribution < 1.29 is 9.59 Å². The van der Waals surface area contributed by atoms with Gasteiger partial charge in [-0.3, -0.25) is 9.59 Å². The van der Waals surface area contributed by atoms with Gasteiger partial charge in [0, 0.05) is 35.6 Å². The second-order valence-electron chi connectivity index (χ2n) is 9.63. The Morgan fingerprint density at radius 3 is 2.14 bits per heavy atom. The molecule has 4 nitrogen and oxygen atoms in total. The lowest BCUT2D eigenvalue weighted by molar-refractivity contribution is -0.141. The second kappa shape index (κ2) is 13.2. The molecule has 3 rings (SSSR count). The maximum atomic E-state index is 13.7. The molecule has 0 heterocycles. The van der Waals surface area contributed by atoms with Gasteiger partial charge in [-0.1, -0.05) is 77.8 Å².